The molecule has 2 N–H and O–H groups in total. The third kappa shape index (κ3) is 2.43. The maximum Gasteiger partial charge on any atom is 0.248 e. The molecule has 0 saturated heterocycles. The first kappa shape index (κ1) is 12.7. The summed E-state index contributed by atoms with van der Waals surface area (Å²) in [4.78, 5) is 0. The lowest BCUT2D eigenvalue weighted by Gasteiger charge is -2.38. The van der Waals surface area contributed by atoms with Crippen LogP contribution < -0.4 is 5.73 Å². The lowest BCUT2D eigenvalue weighted by molar-refractivity contribution is -0.0518. The number of hydrogen-bond acceptors (Lipinski definition) is 1. The highest BCUT2D eigenvalue weighted by atomic mass is 35.5. The molecule has 5 heteroatoms. The van der Waals surface area contributed by atoms with Gasteiger partial charge in [0.15, 0.2) is 0 Å². The zero-order valence-electron chi connectivity index (χ0n) is 9.15. The van der Waals surface area contributed by atoms with Crippen LogP contribution in [-0.4, -0.2) is 5.92 Å². The lowest BCUT2D eigenvalue weighted by Crippen LogP contribution is -2.44. The summed E-state index contributed by atoms with van der Waals surface area (Å²) in [7, 11) is 0. The average molecular weight is 264 g/mol. The standard InChI is InChI=1S/C12H13ClF3N/c13-8-2-1-3-9(14)10(8)11(17)4-6-12(15,16)7-5-11/h1-3H,4-7,17H2. The number of nitrogens with two attached hydrogens (primary N) is 1. The second-order valence-corrected chi connectivity index (χ2v) is 5.02. The van der Waals surface area contributed by atoms with Crippen LogP contribution in [0.25, 0.3) is 0 Å². The molecule has 94 valence electrons. The third-order valence-electron chi connectivity index (χ3n) is 3.33. The fourth-order valence-electron chi connectivity index (χ4n) is 2.29. The Kier molecular flexibility index (Phi) is 3.12. The van der Waals surface area contributed by atoms with Crippen molar-refractivity contribution in [2.24, 2.45) is 5.73 Å². The van der Waals surface area contributed by atoms with Gasteiger partial charge in [0.05, 0.1) is 0 Å². The molecule has 0 aliphatic heterocycles. The topological polar surface area (TPSA) is 26.0 Å². The van der Waals surface area contributed by atoms with E-state index < -0.39 is 17.3 Å². The smallest absolute Gasteiger partial charge is 0.248 e. The molecule has 0 heterocycles. The summed E-state index contributed by atoms with van der Waals surface area (Å²) in [6, 6.07) is 4.26. The molecule has 1 aliphatic rings. The van der Waals surface area contributed by atoms with E-state index in [0.717, 1.165) is 0 Å². The lowest BCUT2D eigenvalue weighted by atomic mass is 9.76. The maximum absolute atomic E-state index is 13.7. The van der Waals surface area contributed by atoms with Gasteiger partial charge in [-0.15, -0.1) is 0 Å². The summed E-state index contributed by atoms with van der Waals surface area (Å²) >= 11 is 5.92. The molecule has 0 aromatic heterocycles. The summed E-state index contributed by atoms with van der Waals surface area (Å²) in [5.41, 5.74) is 5.13. The van der Waals surface area contributed by atoms with Crippen molar-refractivity contribution >= 4 is 11.6 Å². The van der Waals surface area contributed by atoms with E-state index in [2.05, 4.69) is 0 Å². The van der Waals surface area contributed by atoms with E-state index in [9.17, 15) is 13.2 Å². The third-order valence-corrected chi connectivity index (χ3v) is 3.65. The second kappa shape index (κ2) is 4.18. The summed E-state index contributed by atoms with van der Waals surface area (Å²) in [6.45, 7) is 0. The van der Waals surface area contributed by atoms with Gasteiger partial charge in [0.1, 0.15) is 5.82 Å². The predicted octanol–water partition coefficient (Wildman–Crippen LogP) is 3.84. The van der Waals surface area contributed by atoms with Crippen LogP contribution in [0.5, 0.6) is 0 Å². The van der Waals surface area contributed by atoms with E-state index in [1.54, 1.807) is 0 Å². The fraction of sp³-hybridized carbons (Fsp3) is 0.500. The van der Waals surface area contributed by atoms with Gasteiger partial charge in [-0.2, -0.15) is 0 Å². The van der Waals surface area contributed by atoms with E-state index in [4.69, 9.17) is 17.3 Å². The minimum Gasteiger partial charge on any atom is -0.321 e. The van der Waals surface area contributed by atoms with Gasteiger partial charge in [0, 0.05) is 29.0 Å². The molecule has 0 unspecified atom stereocenters. The van der Waals surface area contributed by atoms with E-state index in [-0.39, 0.29) is 36.3 Å². The van der Waals surface area contributed by atoms with Crippen LogP contribution in [0.3, 0.4) is 0 Å². The highest BCUT2D eigenvalue weighted by Gasteiger charge is 2.43. The first-order valence-corrected chi connectivity index (χ1v) is 5.83. The van der Waals surface area contributed by atoms with Gasteiger partial charge in [0.2, 0.25) is 5.92 Å². The summed E-state index contributed by atoms with van der Waals surface area (Å²) in [6.07, 6.45) is -0.566. The second-order valence-electron chi connectivity index (χ2n) is 4.61. The van der Waals surface area contributed by atoms with Crippen LogP contribution in [0.1, 0.15) is 31.2 Å². The van der Waals surface area contributed by atoms with E-state index in [1.165, 1.54) is 18.2 Å². The Bertz CT molecular complexity index is 404. The van der Waals surface area contributed by atoms with Crippen LogP contribution in [0.4, 0.5) is 13.2 Å². The largest absolute Gasteiger partial charge is 0.321 e. The van der Waals surface area contributed by atoms with Crippen molar-refractivity contribution in [1.82, 2.24) is 0 Å². The van der Waals surface area contributed by atoms with Crippen molar-refractivity contribution < 1.29 is 13.2 Å². The zero-order valence-corrected chi connectivity index (χ0v) is 9.91. The Hall–Kier alpha value is -0.740. The monoisotopic (exact) mass is 263 g/mol. The van der Waals surface area contributed by atoms with Crippen LogP contribution in [-0.2, 0) is 5.54 Å². The minimum atomic E-state index is -2.69. The van der Waals surface area contributed by atoms with Gasteiger partial charge in [-0.1, -0.05) is 17.7 Å². The molecule has 1 nitrogen and oxygen atoms in total. The summed E-state index contributed by atoms with van der Waals surface area (Å²) < 4.78 is 39.9. The van der Waals surface area contributed by atoms with Crippen molar-refractivity contribution in [2.75, 3.05) is 0 Å². The van der Waals surface area contributed by atoms with Gasteiger partial charge in [-0.3, -0.25) is 0 Å². The average Bonchev–Trinajstić information content (AvgIpc) is 2.23. The van der Waals surface area contributed by atoms with E-state index in [1.807, 2.05) is 0 Å². The molecule has 0 amide bonds. The molecule has 1 fully saturated rings. The molecule has 1 aliphatic carbocycles. The van der Waals surface area contributed by atoms with E-state index in [0.29, 0.717) is 0 Å². The molecular formula is C12H13ClF3N. The number of rotatable bonds is 1. The van der Waals surface area contributed by atoms with Crippen LogP contribution in [0, 0.1) is 5.82 Å². The SMILES string of the molecule is NC1(c2c(F)cccc2Cl)CCC(F)(F)CC1. The van der Waals surface area contributed by atoms with Crippen molar-refractivity contribution in [3.63, 3.8) is 0 Å². The van der Waals surface area contributed by atoms with Crippen LogP contribution >= 0.6 is 11.6 Å². The molecule has 1 saturated carbocycles. The first-order valence-electron chi connectivity index (χ1n) is 5.45. The molecule has 0 spiro atoms. The Labute approximate surface area is 103 Å². The Morgan fingerprint density at radius 2 is 1.71 bits per heavy atom. The van der Waals surface area contributed by atoms with Gasteiger partial charge < -0.3 is 5.73 Å². The Morgan fingerprint density at radius 3 is 2.24 bits per heavy atom. The first-order chi connectivity index (χ1) is 7.84. The normalized spacial score (nSPS) is 22.4. The van der Waals surface area contributed by atoms with Crippen molar-refractivity contribution in [2.45, 2.75) is 37.1 Å². The van der Waals surface area contributed by atoms with Gasteiger partial charge in [0.25, 0.3) is 0 Å². The van der Waals surface area contributed by atoms with Gasteiger partial charge >= 0.3 is 0 Å². The number of halogens is 4. The maximum atomic E-state index is 13.7. The van der Waals surface area contributed by atoms with Crippen molar-refractivity contribution in [3.8, 4) is 0 Å². The Balaban J connectivity index is 2.34. The summed E-state index contributed by atoms with van der Waals surface area (Å²) in [5.74, 6) is -3.22. The molecule has 1 aromatic carbocycles. The fourth-order valence-corrected chi connectivity index (χ4v) is 2.64. The zero-order chi connectivity index (χ0) is 12.7. The predicted molar refractivity (Wildman–Crippen MR) is 60.7 cm³/mol. The molecule has 0 atom stereocenters. The number of hydrogen-bond donors (Lipinski definition) is 1. The van der Waals surface area contributed by atoms with Crippen LogP contribution in [0.15, 0.2) is 18.2 Å². The quantitative estimate of drug-likeness (QED) is 0.818. The highest BCUT2D eigenvalue weighted by molar-refractivity contribution is 6.31. The molecule has 0 bridgehead atoms. The summed E-state index contributed by atoms with van der Waals surface area (Å²) in [5, 5.41) is 0.206. The molecule has 1 aromatic rings. The Morgan fingerprint density at radius 1 is 1.12 bits per heavy atom. The van der Waals surface area contributed by atoms with Gasteiger partial charge in [-0.05, 0) is 25.0 Å². The number of alkyl halides is 2. The highest BCUT2D eigenvalue weighted by Crippen LogP contribution is 2.44. The molecule has 0 radical (unpaired) electrons. The molecular weight excluding hydrogens is 251 g/mol. The van der Waals surface area contributed by atoms with E-state index >= 15 is 0 Å². The van der Waals surface area contributed by atoms with Gasteiger partial charge in [-0.25, -0.2) is 13.2 Å². The number of benzene rings is 1. The molecule has 2 rings (SSSR count). The minimum absolute atomic E-state index is 0.0423. The van der Waals surface area contributed by atoms with Crippen molar-refractivity contribution in [3.05, 3.63) is 34.6 Å². The molecule has 17 heavy (non-hydrogen) atoms. The van der Waals surface area contributed by atoms with Crippen molar-refractivity contribution in [1.29, 1.82) is 0 Å². The van der Waals surface area contributed by atoms with Crippen LogP contribution in [0.2, 0.25) is 5.02 Å².